The van der Waals surface area contributed by atoms with Crippen molar-refractivity contribution >= 4 is 17.0 Å². The molecule has 1 heterocycles. The number of nitrogens with one attached hydrogen (secondary N) is 3. The Morgan fingerprint density at radius 1 is 0.840 bits per heavy atom. The fourth-order valence-corrected chi connectivity index (χ4v) is 5.95. The minimum absolute atomic E-state index is 0.0539. The molecule has 6 aromatic rings. The number of pyridine rings is 1. The number of aromatic nitrogens is 1. The number of phenols is 1. The number of aliphatic hydroxyl groups is 1. The summed E-state index contributed by atoms with van der Waals surface area (Å²) in [5.74, 6) is 1.28. The van der Waals surface area contributed by atoms with E-state index in [9.17, 15) is 24.9 Å². The van der Waals surface area contributed by atoms with Crippen molar-refractivity contribution in [2.24, 2.45) is 0 Å². The molecule has 254 valence electrons. The van der Waals surface area contributed by atoms with Crippen LogP contribution in [0, 0.1) is 0 Å². The number of amides is 1. The summed E-state index contributed by atoms with van der Waals surface area (Å²) in [6.45, 7) is 1.03. The Morgan fingerprint density at radius 3 is 2.36 bits per heavy atom. The standard InChI is InChI=1S/C40H37N3O7/c1-49-36-21-28(14-15-30(36)22-41-23-35(45)32-16-18-34(44)39-33(32)17-19-37(46)42-39)26-12-10-25(11-13-26)24-50-31-9-5-8-29(20-31)38(43-40(47)48)27-6-3-2-4-7-27/h2-21,35,38,41,43-45H,22-24H2,1H3,(H,42,46)(H,47,48)/t35-,38-/m0/s1. The largest absolute Gasteiger partial charge is 0.506 e. The Morgan fingerprint density at radius 2 is 1.60 bits per heavy atom. The summed E-state index contributed by atoms with van der Waals surface area (Å²) in [6, 6.07) is 36.4. The van der Waals surface area contributed by atoms with Gasteiger partial charge in [-0.3, -0.25) is 4.79 Å². The molecule has 10 nitrogen and oxygen atoms in total. The molecule has 5 aromatic carbocycles. The van der Waals surface area contributed by atoms with Crippen LogP contribution in [0.2, 0.25) is 0 Å². The molecule has 0 aliphatic carbocycles. The summed E-state index contributed by atoms with van der Waals surface area (Å²) in [6.07, 6.45) is -1.98. The van der Waals surface area contributed by atoms with Crippen molar-refractivity contribution in [3.63, 3.8) is 0 Å². The maximum atomic E-state index is 11.7. The van der Waals surface area contributed by atoms with Crippen LogP contribution in [0.4, 0.5) is 4.79 Å². The first kappa shape index (κ1) is 33.8. The van der Waals surface area contributed by atoms with Gasteiger partial charge < -0.3 is 40.4 Å². The van der Waals surface area contributed by atoms with Gasteiger partial charge >= 0.3 is 6.09 Å². The highest BCUT2D eigenvalue weighted by Crippen LogP contribution is 2.31. The molecule has 6 rings (SSSR count). The van der Waals surface area contributed by atoms with Gasteiger partial charge in [0.15, 0.2) is 0 Å². The van der Waals surface area contributed by atoms with E-state index in [0.717, 1.165) is 33.4 Å². The van der Waals surface area contributed by atoms with Gasteiger partial charge in [0.1, 0.15) is 23.9 Å². The average Bonchev–Trinajstić information content (AvgIpc) is 3.14. The number of fused-ring (bicyclic) bond motifs is 1. The molecule has 0 aliphatic rings. The number of hydrogen-bond donors (Lipinski definition) is 6. The lowest BCUT2D eigenvalue weighted by Crippen LogP contribution is -2.27. The molecule has 0 saturated heterocycles. The second kappa shape index (κ2) is 15.4. The van der Waals surface area contributed by atoms with E-state index in [-0.39, 0.29) is 17.9 Å². The predicted octanol–water partition coefficient (Wildman–Crippen LogP) is 6.67. The van der Waals surface area contributed by atoms with E-state index in [2.05, 4.69) is 15.6 Å². The van der Waals surface area contributed by atoms with E-state index in [1.165, 1.54) is 12.1 Å². The number of ether oxygens (including phenoxy) is 2. The van der Waals surface area contributed by atoms with Gasteiger partial charge in [0, 0.05) is 30.1 Å². The summed E-state index contributed by atoms with van der Waals surface area (Å²) in [7, 11) is 1.62. The lowest BCUT2D eigenvalue weighted by Gasteiger charge is -2.19. The van der Waals surface area contributed by atoms with Gasteiger partial charge in [0.05, 0.1) is 24.8 Å². The molecule has 50 heavy (non-hydrogen) atoms. The monoisotopic (exact) mass is 671 g/mol. The van der Waals surface area contributed by atoms with E-state index in [0.29, 0.717) is 41.1 Å². The molecule has 0 saturated carbocycles. The zero-order valence-corrected chi connectivity index (χ0v) is 27.3. The van der Waals surface area contributed by atoms with Gasteiger partial charge in [0.25, 0.3) is 0 Å². The smallest absolute Gasteiger partial charge is 0.405 e. The average molecular weight is 672 g/mol. The van der Waals surface area contributed by atoms with Crippen molar-refractivity contribution in [2.45, 2.75) is 25.3 Å². The number of benzene rings is 5. The Bertz CT molecular complexity index is 2150. The molecule has 1 amide bonds. The van der Waals surface area contributed by atoms with Gasteiger partial charge in [-0.25, -0.2) is 4.79 Å². The summed E-state index contributed by atoms with van der Waals surface area (Å²) in [5, 5.41) is 36.9. The number of H-pyrrole nitrogens is 1. The molecule has 0 fully saturated rings. The van der Waals surface area contributed by atoms with Crippen molar-refractivity contribution in [2.75, 3.05) is 13.7 Å². The van der Waals surface area contributed by atoms with Gasteiger partial charge in [-0.2, -0.15) is 0 Å². The van der Waals surface area contributed by atoms with Crippen LogP contribution in [0.25, 0.3) is 22.0 Å². The van der Waals surface area contributed by atoms with Gasteiger partial charge in [-0.05, 0) is 63.7 Å². The molecule has 10 heteroatoms. The lowest BCUT2D eigenvalue weighted by atomic mass is 9.98. The Hall–Kier alpha value is -6.10. The van der Waals surface area contributed by atoms with Crippen LogP contribution in [0.1, 0.15) is 40.0 Å². The van der Waals surface area contributed by atoms with Crippen LogP contribution in [-0.2, 0) is 13.2 Å². The first-order valence-corrected chi connectivity index (χ1v) is 16.1. The minimum atomic E-state index is -1.11. The molecular weight excluding hydrogens is 634 g/mol. The molecule has 6 N–H and O–H groups in total. The van der Waals surface area contributed by atoms with Crippen LogP contribution in [0.5, 0.6) is 17.2 Å². The zero-order valence-electron chi connectivity index (χ0n) is 27.3. The number of aliphatic hydroxyl groups excluding tert-OH is 1. The number of aromatic hydroxyl groups is 1. The van der Waals surface area contributed by atoms with Crippen molar-refractivity contribution < 1.29 is 29.6 Å². The first-order valence-electron chi connectivity index (χ1n) is 16.1. The SMILES string of the molecule is COc1cc(-c2ccc(COc3cccc([C@@H](NC(=O)O)c4ccccc4)c3)cc2)ccc1CNC[C@H](O)c1ccc(O)c2[nH]c(=O)ccc12. The molecule has 0 unspecified atom stereocenters. The van der Waals surface area contributed by atoms with E-state index in [1.807, 2.05) is 97.1 Å². The Labute approximate surface area is 288 Å². The van der Waals surface area contributed by atoms with E-state index >= 15 is 0 Å². The minimum Gasteiger partial charge on any atom is -0.506 e. The molecule has 0 spiro atoms. The third-order valence-electron chi connectivity index (χ3n) is 8.49. The predicted molar refractivity (Wildman–Crippen MR) is 192 cm³/mol. The molecule has 0 aliphatic heterocycles. The number of carboxylic acid groups (broad SMARTS) is 1. The van der Waals surface area contributed by atoms with Crippen molar-refractivity contribution in [3.8, 4) is 28.4 Å². The fraction of sp³-hybridized carbons (Fsp3) is 0.150. The summed E-state index contributed by atoms with van der Waals surface area (Å²) < 4.78 is 11.8. The zero-order chi connectivity index (χ0) is 35.0. The Balaban J connectivity index is 1.07. The lowest BCUT2D eigenvalue weighted by molar-refractivity contribution is 0.175. The van der Waals surface area contributed by atoms with Gasteiger partial charge in [-0.1, -0.05) is 84.9 Å². The molecular formula is C40H37N3O7. The third kappa shape index (κ3) is 7.95. The number of rotatable bonds is 13. The topological polar surface area (TPSA) is 153 Å². The number of carbonyl (C=O) groups is 1. The van der Waals surface area contributed by atoms with Crippen molar-refractivity contribution in [3.05, 3.63) is 159 Å². The highest BCUT2D eigenvalue weighted by atomic mass is 16.5. The van der Waals surface area contributed by atoms with Crippen molar-refractivity contribution in [1.82, 2.24) is 15.6 Å². The van der Waals surface area contributed by atoms with Gasteiger partial charge in [-0.15, -0.1) is 0 Å². The molecule has 0 bridgehead atoms. The van der Waals surface area contributed by atoms with E-state index in [4.69, 9.17) is 9.47 Å². The first-order chi connectivity index (χ1) is 24.3. The van der Waals surface area contributed by atoms with Crippen LogP contribution >= 0.6 is 0 Å². The summed E-state index contributed by atoms with van der Waals surface area (Å²) in [4.78, 5) is 25.9. The number of phenolic OH excluding ortho intramolecular Hbond substituents is 1. The summed E-state index contributed by atoms with van der Waals surface area (Å²) >= 11 is 0. The molecule has 2 atom stereocenters. The van der Waals surface area contributed by atoms with E-state index < -0.39 is 18.2 Å². The van der Waals surface area contributed by atoms with E-state index in [1.54, 1.807) is 19.2 Å². The van der Waals surface area contributed by atoms with Crippen LogP contribution < -0.4 is 25.7 Å². The van der Waals surface area contributed by atoms with Crippen LogP contribution in [0.3, 0.4) is 0 Å². The van der Waals surface area contributed by atoms with Crippen LogP contribution in [-0.4, -0.2) is 40.1 Å². The fourth-order valence-electron chi connectivity index (χ4n) is 5.95. The number of methoxy groups -OCH3 is 1. The Kier molecular flexibility index (Phi) is 10.4. The maximum Gasteiger partial charge on any atom is 0.405 e. The third-order valence-corrected chi connectivity index (χ3v) is 8.49. The van der Waals surface area contributed by atoms with Gasteiger partial charge in [0.2, 0.25) is 5.56 Å². The summed E-state index contributed by atoms with van der Waals surface area (Å²) in [5.41, 5.74) is 6.05. The second-order valence-corrected chi connectivity index (χ2v) is 11.8. The molecule has 0 radical (unpaired) electrons. The number of hydrogen-bond acceptors (Lipinski definition) is 7. The number of aromatic amines is 1. The quantitative estimate of drug-likeness (QED) is 0.0797. The maximum absolute atomic E-state index is 11.7. The van der Waals surface area contributed by atoms with Crippen LogP contribution in [0.15, 0.2) is 126 Å². The second-order valence-electron chi connectivity index (χ2n) is 11.8. The van der Waals surface area contributed by atoms with Crippen molar-refractivity contribution in [1.29, 1.82) is 0 Å². The highest BCUT2D eigenvalue weighted by Gasteiger charge is 2.17. The normalized spacial score (nSPS) is 12.3. The molecule has 1 aromatic heterocycles. The highest BCUT2D eigenvalue weighted by molar-refractivity contribution is 5.87.